The predicted molar refractivity (Wildman–Crippen MR) is 93.8 cm³/mol. The van der Waals surface area contributed by atoms with Gasteiger partial charge in [0, 0.05) is 0 Å². The summed E-state index contributed by atoms with van der Waals surface area (Å²) in [6, 6.07) is 11.5. The Kier molecular flexibility index (Phi) is 2.39. The summed E-state index contributed by atoms with van der Waals surface area (Å²) < 4.78 is 0. The Labute approximate surface area is 125 Å². The Morgan fingerprint density at radius 2 is 1.14 bits per heavy atom. The Balaban J connectivity index is 2.53. The lowest BCUT2D eigenvalue weighted by molar-refractivity contribution is 1.39. The van der Waals surface area contributed by atoms with Gasteiger partial charge in [-0.15, -0.1) is 0 Å². The first kappa shape index (κ1) is 12.6. The molecule has 0 atom stereocenters. The molecule has 0 aliphatic rings. The van der Waals surface area contributed by atoms with Gasteiger partial charge in [-0.2, -0.15) is 0 Å². The van der Waals surface area contributed by atoms with Crippen LogP contribution in [0.25, 0.3) is 32.3 Å². The normalized spacial score (nSPS) is 12.0. The van der Waals surface area contributed by atoms with Crippen molar-refractivity contribution in [1.82, 2.24) is 0 Å². The highest BCUT2D eigenvalue weighted by molar-refractivity contribution is 6.26. The van der Waals surface area contributed by atoms with Crippen molar-refractivity contribution in [3.8, 4) is 0 Å². The minimum absolute atomic E-state index is 1.37. The van der Waals surface area contributed by atoms with Gasteiger partial charge in [-0.05, 0) is 94.8 Å². The van der Waals surface area contributed by atoms with E-state index in [2.05, 4.69) is 65.0 Å². The quantitative estimate of drug-likeness (QED) is 0.338. The maximum atomic E-state index is 2.36. The molecule has 0 amide bonds. The molecule has 0 bridgehead atoms. The topological polar surface area (TPSA) is 0 Å². The van der Waals surface area contributed by atoms with E-state index in [1.54, 1.807) is 0 Å². The molecule has 4 aromatic rings. The number of rotatable bonds is 0. The van der Waals surface area contributed by atoms with Crippen molar-refractivity contribution in [3.05, 3.63) is 58.1 Å². The monoisotopic (exact) mass is 272 g/mol. The van der Waals surface area contributed by atoms with E-state index in [0.29, 0.717) is 0 Å². The molecule has 0 spiro atoms. The minimum atomic E-state index is 1.37. The molecule has 0 saturated carbocycles. The Morgan fingerprint density at radius 1 is 0.476 bits per heavy atom. The molecule has 0 aliphatic carbocycles. The SMILES string of the molecule is Cc1ccc2c(C)c(C)c3c(C)ccc4c(C)cc1c2c43. The van der Waals surface area contributed by atoms with Crippen LogP contribution in [0.3, 0.4) is 0 Å². The summed E-state index contributed by atoms with van der Waals surface area (Å²) in [7, 11) is 0. The summed E-state index contributed by atoms with van der Waals surface area (Å²) >= 11 is 0. The summed E-state index contributed by atoms with van der Waals surface area (Å²) in [4.78, 5) is 0. The zero-order chi connectivity index (χ0) is 14.9. The van der Waals surface area contributed by atoms with Gasteiger partial charge < -0.3 is 0 Å². The fraction of sp³-hybridized carbons (Fsp3) is 0.238. The highest BCUT2D eigenvalue weighted by atomic mass is 14.2. The number of hydrogen-bond acceptors (Lipinski definition) is 0. The number of hydrogen-bond donors (Lipinski definition) is 0. The minimum Gasteiger partial charge on any atom is -0.0581 e. The van der Waals surface area contributed by atoms with Crippen molar-refractivity contribution in [2.24, 2.45) is 0 Å². The van der Waals surface area contributed by atoms with Crippen LogP contribution in [0.5, 0.6) is 0 Å². The van der Waals surface area contributed by atoms with Crippen molar-refractivity contribution in [2.75, 3.05) is 0 Å². The predicted octanol–water partition coefficient (Wildman–Crippen LogP) is 6.13. The lowest BCUT2D eigenvalue weighted by atomic mass is 9.84. The maximum absolute atomic E-state index is 2.36. The van der Waals surface area contributed by atoms with Crippen LogP contribution in [0, 0.1) is 34.6 Å². The van der Waals surface area contributed by atoms with Crippen LogP contribution < -0.4 is 0 Å². The smallest absolute Gasteiger partial charge is 0.00185 e. The van der Waals surface area contributed by atoms with Gasteiger partial charge >= 0.3 is 0 Å². The van der Waals surface area contributed by atoms with E-state index in [1.165, 1.54) is 60.1 Å². The Bertz CT molecular complexity index is 1010. The highest BCUT2D eigenvalue weighted by Gasteiger charge is 2.16. The molecular weight excluding hydrogens is 252 g/mol. The summed E-state index contributed by atoms with van der Waals surface area (Å²) in [5, 5.41) is 8.61. The summed E-state index contributed by atoms with van der Waals surface area (Å²) in [5.41, 5.74) is 7.00. The molecular formula is C21H20. The van der Waals surface area contributed by atoms with Crippen molar-refractivity contribution in [2.45, 2.75) is 34.6 Å². The number of aryl methyl sites for hydroxylation is 5. The molecule has 0 N–H and O–H groups in total. The van der Waals surface area contributed by atoms with E-state index in [0.717, 1.165) is 0 Å². The standard InChI is InChI=1S/C21H20/c1-11-6-9-17-14(4)15(5)19-12(2)7-8-16-13(3)10-18(11)20(17)21(16)19/h6-10H,1-5H3. The molecule has 0 nitrogen and oxygen atoms in total. The first-order valence-electron chi connectivity index (χ1n) is 7.65. The van der Waals surface area contributed by atoms with Gasteiger partial charge in [0.2, 0.25) is 0 Å². The summed E-state index contributed by atoms with van der Waals surface area (Å²) in [5.74, 6) is 0. The van der Waals surface area contributed by atoms with Gasteiger partial charge in [0.25, 0.3) is 0 Å². The summed E-state index contributed by atoms with van der Waals surface area (Å²) in [6.07, 6.45) is 0. The van der Waals surface area contributed by atoms with Crippen LogP contribution in [0.2, 0.25) is 0 Å². The van der Waals surface area contributed by atoms with Crippen LogP contribution in [0.15, 0.2) is 30.3 Å². The zero-order valence-electron chi connectivity index (χ0n) is 13.4. The highest BCUT2D eigenvalue weighted by Crippen LogP contribution is 2.42. The third-order valence-corrected chi connectivity index (χ3v) is 5.25. The van der Waals surface area contributed by atoms with E-state index in [9.17, 15) is 0 Å². The molecule has 0 saturated heterocycles. The number of benzene rings is 4. The van der Waals surface area contributed by atoms with Gasteiger partial charge in [-0.3, -0.25) is 0 Å². The summed E-state index contributed by atoms with van der Waals surface area (Å²) in [6.45, 7) is 11.2. The first-order chi connectivity index (χ1) is 10.0. The first-order valence-corrected chi connectivity index (χ1v) is 7.65. The third kappa shape index (κ3) is 1.45. The lowest BCUT2D eigenvalue weighted by Crippen LogP contribution is -1.95. The Hall–Kier alpha value is -2.08. The third-order valence-electron chi connectivity index (χ3n) is 5.25. The van der Waals surface area contributed by atoms with E-state index in [4.69, 9.17) is 0 Å². The lowest BCUT2D eigenvalue weighted by Gasteiger charge is -2.20. The van der Waals surface area contributed by atoms with Crippen LogP contribution >= 0.6 is 0 Å². The van der Waals surface area contributed by atoms with Crippen LogP contribution in [0.4, 0.5) is 0 Å². The van der Waals surface area contributed by atoms with Crippen molar-refractivity contribution in [1.29, 1.82) is 0 Å². The van der Waals surface area contributed by atoms with E-state index >= 15 is 0 Å². The molecule has 0 radical (unpaired) electrons. The van der Waals surface area contributed by atoms with Crippen LogP contribution in [-0.2, 0) is 0 Å². The largest absolute Gasteiger partial charge is 0.0581 e. The van der Waals surface area contributed by atoms with E-state index < -0.39 is 0 Å². The Morgan fingerprint density at radius 3 is 1.90 bits per heavy atom. The molecule has 104 valence electrons. The molecule has 21 heavy (non-hydrogen) atoms. The molecule has 0 heteroatoms. The van der Waals surface area contributed by atoms with E-state index in [1.807, 2.05) is 0 Å². The second-order valence-corrected chi connectivity index (χ2v) is 6.48. The van der Waals surface area contributed by atoms with Gasteiger partial charge in [0.15, 0.2) is 0 Å². The van der Waals surface area contributed by atoms with Gasteiger partial charge in [-0.1, -0.05) is 30.3 Å². The fourth-order valence-corrected chi connectivity index (χ4v) is 3.95. The average Bonchev–Trinajstić information content (AvgIpc) is 2.46. The zero-order valence-corrected chi connectivity index (χ0v) is 13.4. The molecule has 0 unspecified atom stereocenters. The van der Waals surface area contributed by atoms with Crippen LogP contribution in [0.1, 0.15) is 27.8 Å². The van der Waals surface area contributed by atoms with Gasteiger partial charge in [-0.25, -0.2) is 0 Å². The molecule has 0 aliphatic heterocycles. The molecule has 4 aromatic carbocycles. The maximum Gasteiger partial charge on any atom is -0.00185 e. The van der Waals surface area contributed by atoms with Crippen LogP contribution in [-0.4, -0.2) is 0 Å². The van der Waals surface area contributed by atoms with Gasteiger partial charge in [0.1, 0.15) is 0 Å². The average molecular weight is 272 g/mol. The van der Waals surface area contributed by atoms with Crippen molar-refractivity contribution >= 4 is 32.3 Å². The van der Waals surface area contributed by atoms with Crippen molar-refractivity contribution < 1.29 is 0 Å². The second-order valence-electron chi connectivity index (χ2n) is 6.48. The van der Waals surface area contributed by atoms with Gasteiger partial charge in [0.05, 0.1) is 0 Å². The molecule has 4 rings (SSSR count). The van der Waals surface area contributed by atoms with Crippen molar-refractivity contribution in [3.63, 3.8) is 0 Å². The molecule has 0 fully saturated rings. The molecule has 0 heterocycles. The second kappa shape index (κ2) is 3.98. The van der Waals surface area contributed by atoms with E-state index in [-0.39, 0.29) is 0 Å². The fourth-order valence-electron chi connectivity index (χ4n) is 3.95. The molecule has 0 aromatic heterocycles.